The molecular formula is C22H34N6O2. The lowest BCUT2D eigenvalue weighted by Crippen LogP contribution is -2.44. The molecule has 0 amide bonds. The van der Waals surface area contributed by atoms with Crippen LogP contribution in [0.1, 0.15) is 25.7 Å². The Labute approximate surface area is 178 Å². The van der Waals surface area contributed by atoms with Gasteiger partial charge < -0.3 is 29.9 Å². The molecule has 1 aromatic carbocycles. The lowest BCUT2D eigenvalue weighted by atomic mass is 10.1. The minimum Gasteiger partial charge on any atom is -0.493 e. The first-order valence-corrected chi connectivity index (χ1v) is 11.0. The van der Waals surface area contributed by atoms with Crippen molar-refractivity contribution in [3.63, 3.8) is 0 Å². The van der Waals surface area contributed by atoms with Gasteiger partial charge in [0.15, 0.2) is 11.5 Å². The molecule has 0 spiro atoms. The Morgan fingerprint density at radius 1 is 1.10 bits per heavy atom. The Morgan fingerprint density at radius 2 is 1.90 bits per heavy atom. The molecule has 2 fully saturated rings. The highest BCUT2D eigenvalue weighted by molar-refractivity contribution is 5.93. The number of fused-ring (bicyclic) bond motifs is 1. The number of rotatable bonds is 8. The van der Waals surface area contributed by atoms with Crippen LogP contribution in [-0.4, -0.2) is 81.4 Å². The number of benzene rings is 1. The molecule has 3 heterocycles. The lowest BCUT2D eigenvalue weighted by Gasteiger charge is -2.35. The van der Waals surface area contributed by atoms with Gasteiger partial charge in [0.2, 0.25) is 5.95 Å². The fraction of sp³-hybridized carbons (Fsp3) is 0.636. The summed E-state index contributed by atoms with van der Waals surface area (Å²) in [5.74, 6) is 3.20. The standard InChI is InChI=1S/C22H34N6O2/c1-26(2)8-6-12-30-20-14-18-17(13-19(20)29-3)21(28-9-4-7-16(23)15-28)25-22(24-18)27-10-5-11-27/h13-14,16H,4-12,15,23H2,1-3H3. The van der Waals surface area contributed by atoms with Crippen LogP contribution < -0.4 is 25.0 Å². The van der Waals surface area contributed by atoms with Crippen molar-refractivity contribution in [1.29, 1.82) is 0 Å². The van der Waals surface area contributed by atoms with E-state index in [1.165, 1.54) is 6.42 Å². The summed E-state index contributed by atoms with van der Waals surface area (Å²) in [6.07, 6.45) is 4.28. The number of hydrogen-bond acceptors (Lipinski definition) is 8. The molecule has 2 aliphatic rings. The van der Waals surface area contributed by atoms with Crippen molar-refractivity contribution in [3.05, 3.63) is 12.1 Å². The van der Waals surface area contributed by atoms with Crippen LogP contribution in [0.15, 0.2) is 12.1 Å². The van der Waals surface area contributed by atoms with Gasteiger partial charge in [-0.05, 0) is 45.8 Å². The van der Waals surface area contributed by atoms with Crippen molar-refractivity contribution in [3.8, 4) is 11.5 Å². The minimum absolute atomic E-state index is 0.178. The van der Waals surface area contributed by atoms with E-state index in [2.05, 4.69) is 28.8 Å². The number of anilines is 2. The lowest BCUT2D eigenvalue weighted by molar-refractivity contribution is 0.268. The molecule has 0 radical (unpaired) electrons. The summed E-state index contributed by atoms with van der Waals surface area (Å²) in [5.41, 5.74) is 7.16. The SMILES string of the molecule is COc1cc2c(N3CCCC(N)C3)nc(N3CCC3)nc2cc1OCCCN(C)C. The zero-order chi connectivity index (χ0) is 21.1. The van der Waals surface area contributed by atoms with Crippen LogP contribution in [0, 0.1) is 0 Å². The summed E-state index contributed by atoms with van der Waals surface area (Å²) in [6.45, 7) is 5.42. The molecule has 2 N–H and O–H groups in total. The van der Waals surface area contributed by atoms with Crippen LogP contribution in [0.3, 0.4) is 0 Å². The van der Waals surface area contributed by atoms with E-state index in [0.717, 1.165) is 86.2 Å². The molecule has 2 aromatic rings. The molecule has 0 saturated carbocycles. The first kappa shape index (κ1) is 20.9. The highest BCUT2D eigenvalue weighted by Gasteiger charge is 2.25. The molecule has 2 saturated heterocycles. The van der Waals surface area contributed by atoms with E-state index in [9.17, 15) is 0 Å². The largest absolute Gasteiger partial charge is 0.493 e. The Morgan fingerprint density at radius 3 is 2.57 bits per heavy atom. The van der Waals surface area contributed by atoms with Gasteiger partial charge in [0, 0.05) is 50.2 Å². The van der Waals surface area contributed by atoms with Gasteiger partial charge in [-0.3, -0.25) is 0 Å². The van der Waals surface area contributed by atoms with Crippen LogP contribution in [0.2, 0.25) is 0 Å². The van der Waals surface area contributed by atoms with Crippen molar-refractivity contribution in [2.75, 3.05) is 70.3 Å². The van der Waals surface area contributed by atoms with Crippen molar-refractivity contribution in [2.45, 2.75) is 31.7 Å². The van der Waals surface area contributed by atoms with E-state index in [0.29, 0.717) is 6.61 Å². The molecule has 4 rings (SSSR count). The molecule has 0 aliphatic carbocycles. The number of ether oxygens (including phenoxy) is 2. The minimum atomic E-state index is 0.178. The summed E-state index contributed by atoms with van der Waals surface area (Å²) < 4.78 is 11.7. The maximum atomic E-state index is 6.27. The smallest absolute Gasteiger partial charge is 0.227 e. The quantitative estimate of drug-likeness (QED) is 0.658. The Bertz CT molecular complexity index is 870. The second kappa shape index (κ2) is 9.22. The second-order valence-corrected chi connectivity index (χ2v) is 8.56. The Hall–Kier alpha value is -2.32. The van der Waals surface area contributed by atoms with E-state index in [4.69, 9.17) is 25.2 Å². The van der Waals surface area contributed by atoms with Crippen molar-refractivity contribution in [2.24, 2.45) is 5.73 Å². The fourth-order valence-electron chi connectivity index (χ4n) is 4.04. The molecule has 1 atom stereocenters. The molecule has 164 valence electrons. The van der Waals surface area contributed by atoms with Crippen molar-refractivity contribution >= 4 is 22.7 Å². The molecule has 0 bridgehead atoms. The van der Waals surface area contributed by atoms with Crippen molar-refractivity contribution in [1.82, 2.24) is 14.9 Å². The van der Waals surface area contributed by atoms with Gasteiger partial charge in [-0.15, -0.1) is 0 Å². The van der Waals surface area contributed by atoms with E-state index in [1.54, 1.807) is 7.11 Å². The summed E-state index contributed by atoms with van der Waals surface area (Å²) in [6, 6.07) is 4.20. The van der Waals surface area contributed by atoms with Gasteiger partial charge in [-0.2, -0.15) is 4.98 Å². The van der Waals surface area contributed by atoms with Crippen LogP contribution in [-0.2, 0) is 0 Å². The third kappa shape index (κ3) is 4.54. The predicted octanol–water partition coefficient (Wildman–Crippen LogP) is 2.11. The van der Waals surface area contributed by atoms with E-state index < -0.39 is 0 Å². The topological polar surface area (TPSA) is 80.0 Å². The summed E-state index contributed by atoms with van der Waals surface area (Å²) >= 11 is 0. The van der Waals surface area contributed by atoms with E-state index >= 15 is 0 Å². The molecule has 1 aromatic heterocycles. The number of piperidine rings is 1. The highest BCUT2D eigenvalue weighted by atomic mass is 16.5. The number of nitrogens with zero attached hydrogens (tertiary/aromatic N) is 5. The van der Waals surface area contributed by atoms with Crippen LogP contribution >= 0.6 is 0 Å². The van der Waals surface area contributed by atoms with Gasteiger partial charge >= 0.3 is 0 Å². The highest BCUT2D eigenvalue weighted by Crippen LogP contribution is 2.37. The van der Waals surface area contributed by atoms with Gasteiger partial charge in [0.1, 0.15) is 5.82 Å². The zero-order valence-corrected chi connectivity index (χ0v) is 18.4. The van der Waals surface area contributed by atoms with E-state index in [-0.39, 0.29) is 6.04 Å². The zero-order valence-electron chi connectivity index (χ0n) is 18.4. The summed E-state index contributed by atoms with van der Waals surface area (Å²) in [4.78, 5) is 16.5. The van der Waals surface area contributed by atoms with Gasteiger partial charge in [-0.25, -0.2) is 4.98 Å². The van der Waals surface area contributed by atoms with Gasteiger partial charge in [-0.1, -0.05) is 0 Å². The second-order valence-electron chi connectivity index (χ2n) is 8.56. The molecular weight excluding hydrogens is 380 g/mol. The Kier molecular flexibility index (Phi) is 6.43. The molecule has 2 aliphatic heterocycles. The predicted molar refractivity (Wildman–Crippen MR) is 121 cm³/mol. The van der Waals surface area contributed by atoms with Gasteiger partial charge in [0.25, 0.3) is 0 Å². The molecule has 1 unspecified atom stereocenters. The van der Waals surface area contributed by atoms with Gasteiger partial charge in [0.05, 0.1) is 19.2 Å². The molecule has 8 heteroatoms. The first-order chi connectivity index (χ1) is 14.5. The maximum Gasteiger partial charge on any atom is 0.227 e. The Balaban J connectivity index is 1.70. The van der Waals surface area contributed by atoms with Crippen molar-refractivity contribution < 1.29 is 9.47 Å². The third-order valence-corrected chi connectivity index (χ3v) is 5.85. The van der Waals surface area contributed by atoms with Crippen LogP contribution in [0.5, 0.6) is 11.5 Å². The van der Waals surface area contributed by atoms with Crippen LogP contribution in [0.4, 0.5) is 11.8 Å². The maximum absolute atomic E-state index is 6.27. The average Bonchev–Trinajstić information content (AvgIpc) is 2.68. The summed E-state index contributed by atoms with van der Waals surface area (Å²) in [7, 11) is 5.82. The number of nitrogens with two attached hydrogens (primary N) is 1. The fourth-order valence-corrected chi connectivity index (χ4v) is 4.04. The van der Waals surface area contributed by atoms with E-state index in [1.807, 2.05) is 12.1 Å². The summed E-state index contributed by atoms with van der Waals surface area (Å²) in [5, 5.41) is 0.992. The normalized spacial score (nSPS) is 19.3. The monoisotopic (exact) mass is 414 g/mol. The number of hydrogen-bond donors (Lipinski definition) is 1. The van der Waals surface area contributed by atoms with Crippen LogP contribution in [0.25, 0.3) is 10.9 Å². The number of methoxy groups -OCH3 is 1. The first-order valence-electron chi connectivity index (χ1n) is 11.0. The molecule has 30 heavy (non-hydrogen) atoms. The molecule has 8 nitrogen and oxygen atoms in total. The average molecular weight is 415 g/mol. The number of aromatic nitrogens is 2. The third-order valence-electron chi connectivity index (χ3n) is 5.85.